The highest BCUT2D eigenvalue weighted by Crippen LogP contribution is 2.18. The van der Waals surface area contributed by atoms with Crippen molar-refractivity contribution in [3.05, 3.63) is 63.1 Å². The molecule has 104 valence electrons. The van der Waals surface area contributed by atoms with E-state index in [2.05, 4.69) is 0 Å². The van der Waals surface area contributed by atoms with Crippen molar-refractivity contribution in [2.75, 3.05) is 0 Å². The van der Waals surface area contributed by atoms with Crippen LogP contribution in [0.3, 0.4) is 0 Å². The molecule has 0 atom stereocenters. The Hall–Kier alpha value is -2.40. The lowest BCUT2D eigenvalue weighted by molar-refractivity contribution is 0.0952. The van der Waals surface area contributed by atoms with Crippen LogP contribution in [-0.4, -0.2) is 10.5 Å². The van der Waals surface area contributed by atoms with Gasteiger partial charge in [-0.2, -0.15) is 0 Å². The molecular weight excluding hydrogens is 254 g/mol. The molecule has 5 nitrogen and oxygen atoms in total. The van der Waals surface area contributed by atoms with Crippen LogP contribution in [0.4, 0.5) is 0 Å². The maximum absolute atomic E-state index is 11.8. The number of carbonyl (C=O) groups excluding carboxylic acids is 1. The quantitative estimate of drug-likeness (QED) is 0.492. The van der Waals surface area contributed by atoms with Crippen molar-refractivity contribution in [1.82, 2.24) is 9.99 Å². The Balaban J connectivity index is 2.71. The second-order valence-corrected chi connectivity index (χ2v) is 4.76. The number of nitrogens with one attached hydrogen (secondary N) is 1. The van der Waals surface area contributed by atoms with Crippen LogP contribution >= 0.6 is 0 Å². The minimum atomic E-state index is -0.589. The minimum Gasteiger partial charge on any atom is -0.320 e. The van der Waals surface area contributed by atoms with Gasteiger partial charge in [0.2, 0.25) is 0 Å². The molecule has 0 aliphatic heterocycles. The molecule has 1 aromatic carbocycles. The van der Waals surface area contributed by atoms with E-state index in [9.17, 15) is 9.59 Å². The molecule has 0 spiro atoms. The summed E-state index contributed by atoms with van der Waals surface area (Å²) in [5.41, 5.74) is 5.62. The molecule has 5 heteroatoms. The molecule has 1 aromatic heterocycles. The van der Waals surface area contributed by atoms with Gasteiger partial charge in [0.25, 0.3) is 5.91 Å². The van der Waals surface area contributed by atoms with Gasteiger partial charge in [-0.3, -0.25) is 15.0 Å². The number of hydrogen-bond donors (Lipinski definition) is 2. The average molecular weight is 271 g/mol. The van der Waals surface area contributed by atoms with E-state index in [0.29, 0.717) is 0 Å². The SMILES string of the molecule is Cc1cccc(-n2cc(C(=O)NN)c(=O)cc2C)c1C. The first-order valence-corrected chi connectivity index (χ1v) is 6.26. The Morgan fingerprint density at radius 1 is 1.25 bits per heavy atom. The number of hydrazine groups is 1. The van der Waals surface area contributed by atoms with Crippen LogP contribution in [0.2, 0.25) is 0 Å². The van der Waals surface area contributed by atoms with Gasteiger partial charge in [-0.15, -0.1) is 0 Å². The van der Waals surface area contributed by atoms with E-state index in [-0.39, 0.29) is 11.0 Å². The van der Waals surface area contributed by atoms with Crippen molar-refractivity contribution in [3.63, 3.8) is 0 Å². The number of benzene rings is 1. The number of nitrogen functional groups attached to an aromatic ring is 1. The van der Waals surface area contributed by atoms with Gasteiger partial charge in [-0.05, 0) is 38.0 Å². The molecule has 0 saturated carbocycles. The summed E-state index contributed by atoms with van der Waals surface area (Å²) in [6.07, 6.45) is 1.53. The van der Waals surface area contributed by atoms with Gasteiger partial charge < -0.3 is 4.57 Å². The van der Waals surface area contributed by atoms with E-state index in [1.165, 1.54) is 12.3 Å². The lowest BCUT2D eigenvalue weighted by atomic mass is 10.1. The number of aromatic nitrogens is 1. The fourth-order valence-electron chi connectivity index (χ4n) is 2.14. The predicted molar refractivity (Wildman–Crippen MR) is 77.9 cm³/mol. The van der Waals surface area contributed by atoms with Gasteiger partial charge in [-0.25, -0.2) is 5.84 Å². The Morgan fingerprint density at radius 2 is 1.95 bits per heavy atom. The molecule has 3 N–H and O–H groups in total. The molecule has 0 unspecified atom stereocenters. The first-order chi connectivity index (χ1) is 9.45. The smallest absolute Gasteiger partial charge is 0.270 e. The third-order valence-electron chi connectivity index (χ3n) is 3.45. The molecule has 0 aliphatic rings. The molecule has 0 bridgehead atoms. The van der Waals surface area contributed by atoms with Crippen LogP contribution in [0.1, 0.15) is 27.2 Å². The van der Waals surface area contributed by atoms with Crippen molar-refractivity contribution in [2.45, 2.75) is 20.8 Å². The van der Waals surface area contributed by atoms with Crippen molar-refractivity contribution in [1.29, 1.82) is 0 Å². The number of nitrogens with two attached hydrogens (primary N) is 1. The highest BCUT2D eigenvalue weighted by atomic mass is 16.2. The topological polar surface area (TPSA) is 77.1 Å². The fraction of sp³-hybridized carbons (Fsp3) is 0.200. The zero-order valence-electron chi connectivity index (χ0n) is 11.7. The van der Waals surface area contributed by atoms with Crippen molar-refractivity contribution >= 4 is 5.91 Å². The second kappa shape index (κ2) is 5.30. The maximum atomic E-state index is 11.8. The van der Waals surface area contributed by atoms with Gasteiger partial charge in [0.15, 0.2) is 5.43 Å². The van der Waals surface area contributed by atoms with Crippen LogP contribution in [0.15, 0.2) is 35.3 Å². The van der Waals surface area contributed by atoms with Gasteiger partial charge in [-0.1, -0.05) is 12.1 Å². The molecule has 0 radical (unpaired) electrons. The zero-order valence-corrected chi connectivity index (χ0v) is 11.7. The number of pyridine rings is 1. The fourth-order valence-corrected chi connectivity index (χ4v) is 2.14. The summed E-state index contributed by atoms with van der Waals surface area (Å²) < 4.78 is 1.83. The summed E-state index contributed by atoms with van der Waals surface area (Å²) in [5, 5.41) is 0. The number of rotatable bonds is 2. The minimum absolute atomic E-state index is 0.0269. The van der Waals surface area contributed by atoms with Gasteiger partial charge in [0, 0.05) is 23.6 Å². The molecule has 0 fully saturated rings. The standard InChI is InChI=1S/C15H17N3O2/c1-9-5-4-6-13(11(9)3)18-8-12(15(20)17-16)14(19)7-10(18)2/h4-8H,16H2,1-3H3,(H,17,20). The van der Waals surface area contributed by atoms with E-state index in [1.807, 2.05) is 49.0 Å². The van der Waals surface area contributed by atoms with E-state index in [1.54, 1.807) is 0 Å². The van der Waals surface area contributed by atoms with E-state index >= 15 is 0 Å². The van der Waals surface area contributed by atoms with E-state index < -0.39 is 5.91 Å². The molecule has 20 heavy (non-hydrogen) atoms. The van der Waals surface area contributed by atoms with Crippen LogP contribution in [0.5, 0.6) is 0 Å². The highest BCUT2D eigenvalue weighted by Gasteiger charge is 2.13. The van der Waals surface area contributed by atoms with Crippen LogP contribution < -0.4 is 16.7 Å². The first-order valence-electron chi connectivity index (χ1n) is 6.26. The Morgan fingerprint density at radius 3 is 2.60 bits per heavy atom. The van der Waals surface area contributed by atoms with Gasteiger partial charge in [0.05, 0.1) is 0 Å². The van der Waals surface area contributed by atoms with Crippen molar-refractivity contribution in [3.8, 4) is 5.69 Å². The number of aryl methyl sites for hydroxylation is 2. The largest absolute Gasteiger partial charge is 0.320 e. The summed E-state index contributed by atoms with van der Waals surface area (Å²) in [4.78, 5) is 23.5. The van der Waals surface area contributed by atoms with Crippen molar-refractivity contribution < 1.29 is 4.79 Å². The van der Waals surface area contributed by atoms with E-state index in [0.717, 1.165) is 22.5 Å². The highest BCUT2D eigenvalue weighted by molar-refractivity contribution is 5.93. The Labute approximate surface area is 117 Å². The molecule has 1 heterocycles. The summed E-state index contributed by atoms with van der Waals surface area (Å²) in [6, 6.07) is 7.35. The average Bonchev–Trinajstić information content (AvgIpc) is 2.42. The van der Waals surface area contributed by atoms with E-state index in [4.69, 9.17) is 5.84 Å². The Kier molecular flexibility index (Phi) is 3.72. The molecular formula is C15H17N3O2. The molecule has 2 aromatic rings. The molecule has 2 rings (SSSR count). The van der Waals surface area contributed by atoms with Gasteiger partial charge >= 0.3 is 0 Å². The Bertz CT molecular complexity index is 732. The van der Waals surface area contributed by atoms with Crippen LogP contribution in [0.25, 0.3) is 5.69 Å². The predicted octanol–water partition coefficient (Wildman–Crippen LogP) is 1.37. The molecule has 0 saturated heterocycles. The summed E-state index contributed by atoms with van der Waals surface area (Å²) >= 11 is 0. The molecule has 0 aliphatic carbocycles. The number of carbonyl (C=O) groups is 1. The lowest BCUT2D eigenvalue weighted by Crippen LogP contribution is -2.34. The van der Waals surface area contributed by atoms with Gasteiger partial charge in [0.1, 0.15) is 5.56 Å². The lowest BCUT2D eigenvalue weighted by Gasteiger charge is -2.16. The normalized spacial score (nSPS) is 10.4. The number of nitrogens with zero attached hydrogens (tertiary/aromatic N) is 1. The zero-order chi connectivity index (χ0) is 14.9. The monoisotopic (exact) mass is 271 g/mol. The maximum Gasteiger partial charge on any atom is 0.270 e. The third-order valence-corrected chi connectivity index (χ3v) is 3.45. The van der Waals surface area contributed by atoms with Crippen LogP contribution in [0, 0.1) is 20.8 Å². The summed E-state index contributed by atoms with van der Waals surface area (Å²) in [6.45, 7) is 5.85. The second-order valence-electron chi connectivity index (χ2n) is 4.76. The first kappa shape index (κ1) is 14.0. The van der Waals surface area contributed by atoms with Crippen molar-refractivity contribution in [2.24, 2.45) is 5.84 Å². The third kappa shape index (κ3) is 2.35. The van der Waals surface area contributed by atoms with Crippen LogP contribution in [-0.2, 0) is 0 Å². The number of amides is 1. The number of hydrogen-bond acceptors (Lipinski definition) is 3. The summed E-state index contributed by atoms with van der Waals surface area (Å²) in [5.74, 6) is 4.52. The molecule has 1 amide bonds. The summed E-state index contributed by atoms with van der Waals surface area (Å²) in [7, 11) is 0.